The number of nitrogens with one attached hydrogen (secondary N) is 1. The van der Waals surface area contributed by atoms with Crippen LogP contribution in [0.3, 0.4) is 0 Å². The minimum absolute atomic E-state index is 0.0381. The molecule has 2 atom stereocenters. The number of aliphatic imine (C=N–C) groups is 1. The van der Waals surface area contributed by atoms with Gasteiger partial charge in [-0.05, 0) is 57.0 Å². The molecule has 0 spiro atoms. The number of ether oxygens (including phenoxy) is 3. The molecule has 2 aromatic rings. The van der Waals surface area contributed by atoms with E-state index in [0.717, 1.165) is 5.56 Å². The average Bonchev–Trinajstić information content (AvgIpc) is 3.23. The first-order valence-corrected chi connectivity index (χ1v) is 11.6. The Kier molecular flexibility index (Phi) is 8.48. The van der Waals surface area contributed by atoms with Crippen LogP contribution in [0.5, 0.6) is 5.75 Å². The normalized spacial score (nSPS) is 19.5. The Morgan fingerprint density at radius 2 is 1.83 bits per heavy atom. The molecule has 1 heterocycles. The zero-order valence-electron chi connectivity index (χ0n) is 20.3. The maximum absolute atomic E-state index is 13.2. The van der Waals surface area contributed by atoms with Crippen molar-refractivity contribution < 1.29 is 28.9 Å². The largest absolute Gasteiger partial charge is 0.494 e. The molecule has 1 aliphatic rings. The van der Waals surface area contributed by atoms with E-state index in [1.807, 2.05) is 30.3 Å². The van der Waals surface area contributed by atoms with Crippen molar-refractivity contribution in [1.29, 1.82) is 0 Å². The highest BCUT2D eigenvalue weighted by Gasteiger charge is 2.53. The fraction of sp³-hybridized carbons (Fsp3) is 0.423. The van der Waals surface area contributed by atoms with Crippen LogP contribution >= 0.6 is 0 Å². The number of nitrogens with zero attached hydrogens (tertiary/aromatic N) is 1. The van der Waals surface area contributed by atoms with Crippen molar-refractivity contribution in [2.75, 3.05) is 13.2 Å². The first-order valence-electron chi connectivity index (χ1n) is 11.6. The van der Waals surface area contributed by atoms with Gasteiger partial charge in [-0.25, -0.2) is 10.8 Å². The van der Waals surface area contributed by atoms with Crippen LogP contribution in [0.4, 0.5) is 0 Å². The standard InChI is InChI=1S/C26H33N3O6/c1-25(2,3)35-21(31)14-15-26(24(32)29-27)22(18-8-5-4-6-9-18)34-23(28-26)19-10-12-20(13-11-19)33-17-7-16-30/h4-6,8-13,22,30H,7,14-17,27H2,1-3H3,(H,29,32)/t22-,26-/m0/s1. The summed E-state index contributed by atoms with van der Waals surface area (Å²) in [6, 6.07) is 16.3. The summed E-state index contributed by atoms with van der Waals surface area (Å²) < 4.78 is 17.3. The number of hydrogen-bond acceptors (Lipinski definition) is 8. The molecule has 2 aromatic carbocycles. The monoisotopic (exact) mass is 483 g/mol. The number of aliphatic hydroxyl groups excluding tert-OH is 1. The highest BCUT2D eigenvalue weighted by atomic mass is 16.6. The van der Waals surface area contributed by atoms with Gasteiger partial charge in [-0.1, -0.05) is 30.3 Å². The maximum Gasteiger partial charge on any atom is 0.306 e. The molecule has 1 amide bonds. The van der Waals surface area contributed by atoms with Gasteiger partial charge in [-0.2, -0.15) is 0 Å². The minimum Gasteiger partial charge on any atom is -0.494 e. The van der Waals surface area contributed by atoms with E-state index in [9.17, 15) is 9.59 Å². The van der Waals surface area contributed by atoms with E-state index < -0.39 is 29.1 Å². The van der Waals surface area contributed by atoms with Crippen LogP contribution in [0.15, 0.2) is 59.6 Å². The Morgan fingerprint density at radius 3 is 2.43 bits per heavy atom. The third-order valence-electron chi connectivity index (χ3n) is 5.39. The quantitative estimate of drug-likeness (QED) is 0.156. The summed E-state index contributed by atoms with van der Waals surface area (Å²) in [5.41, 5.74) is 1.45. The van der Waals surface area contributed by atoms with E-state index >= 15 is 0 Å². The molecular weight excluding hydrogens is 450 g/mol. The molecule has 1 aliphatic heterocycles. The van der Waals surface area contributed by atoms with Crippen LogP contribution in [0.25, 0.3) is 0 Å². The van der Waals surface area contributed by atoms with Gasteiger partial charge in [0.25, 0.3) is 5.91 Å². The Bertz CT molecular complexity index is 1030. The topological polar surface area (TPSA) is 132 Å². The molecule has 188 valence electrons. The number of amides is 1. The number of benzene rings is 2. The SMILES string of the molecule is CC(C)(C)OC(=O)CC[C@]1(C(=O)NN)N=C(c2ccc(OCCCO)cc2)O[C@H]1c1ccccc1. The molecule has 4 N–H and O–H groups in total. The number of carbonyl (C=O) groups excluding carboxylic acids is 2. The predicted octanol–water partition coefficient (Wildman–Crippen LogP) is 2.82. The Labute approximate surface area is 205 Å². The van der Waals surface area contributed by atoms with E-state index in [1.165, 1.54) is 0 Å². The van der Waals surface area contributed by atoms with Crippen molar-refractivity contribution in [2.24, 2.45) is 10.8 Å². The van der Waals surface area contributed by atoms with Crippen molar-refractivity contribution in [3.05, 3.63) is 65.7 Å². The summed E-state index contributed by atoms with van der Waals surface area (Å²) in [7, 11) is 0. The van der Waals surface area contributed by atoms with Gasteiger partial charge in [-0.15, -0.1) is 0 Å². The van der Waals surface area contributed by atoms with Gasteiger partial charge in [-0.3, -0.25) is 15.0 Å². The number of rotatable bonds is 10. The number of aliphatic hydroxyl groups is 1. The summed E-state index contributed by atoms with van der Waals surface area (Å²) in [6.45, 7) is 5.80. The van der Waals surface area contributed by atoms with Crippen LogP contribution in [-0.2, 0) is 19.1 Å². The van der Waals surface area contributed by atoms with E-state index in [2.05, 4.69) is 5.43 Å². The number of nitrogens with two attached hydrogens (primary N) is 1. The second-order valence-corrected chi connectivity index (χ2v) is 9.26. The molecule has 0 unspecified atom stereocenters. The van der Waals surface area contributed by atoms with Crippen molar-refractivity contribution in [1.82, 2.24) is 5.43 Å². The third-order valence-corrected chi connectivity index (χ3v) is 5.39. The van der Waals surface area contributed by atoms with Gasteiger partial charge in [0.05, 0.1) is 6.61 Å². The summed E-state index contributed by atoms with van der Waals surface area (Å²) >= 11 is 0. The van der Waals surface area contributed by atoms with E-state index in [-0.39, 0.29) is 25.3 Å². The third kappa shape index (κ3) is 6.58. The van der Waals surface area contributed by atoms with Gasteiger partial charge >= 0.3 is 5.97 Å². The van der Waals surface area contributed by atoms with E-state index in [1.54, 1.807) is 45.0 Å². The van der Waals surface area contributed by atoms with E-state index in [0.29, 0.717) is 24.3 Å². The van der Waals surface area contributed by atoms with Gasteiger partial charge in [0.2, 0.25) is 5.90 Å². The molecule has 0 fully saturated rings. The molecule has 9 heteroatoms. The number of esters is 1. The molecule has 0 saturated carbocycles. The highest BCUT2D eigenvalue weighted by Crippen LogP contribution is 2.43. The Morgan fingerprint density at radius 1 is 1.14 bits per heavy atom. The van der Waals surface area contributed by atoms with Crippen molar-refractivity contribution in [2.45, 2.75) is 57.3 Å². The lowest BCUT2D eigenvalue weighted by Crippen LogP contribution is -2.51. The molecule has 0 bridgehead atoms. The fourth-order valence-electron chi connectivity index (χ4n) is 3.81. The average molecular weight is 484 g/mol. The van der Waals surface area contributed by atoms with Crippen LogP contribution in [0.1, 0.15) is 57.3 Å². The summed E-state index contributed by atoms with van der Waals surface area (Å²) in [5.74, 6) is 5.46. The highest BCUT2D eigenvalue weighted by molar-refractivity contribution is 6.01. The Hall–Kier alpha value is -3.43. The molecule has 3 rings (SSSR count). The van der Waals surface area contributed by atoms with Crippen molar-refractivity contribution >= 4 is 17.8 Å². The lowest BCUT2D eigenvalue weighted by Gasteiger charge is -2.30. The summed E-state index contributed by atoms with van der Waals surface area (Å²) in [5, 5.41) is 8.92. The second kappa shape index (κ2) is 11.3. The van der Waals surface area contributed by atoms with Gasteiger partial charge in [0.15, 0.2) is 11.6 Å². The zero-order chi connectivity index (χ0) is 25.5. The first-order chi connectivity index (χ1) is 16.7. The molecule has 0 aliphatic carbocycles. The van der Waals surface area contributed by atoms with Gasteiger partial charge in [0, 0.05) is 25.0 Å². The van der Waals surface area contributed by atoms with E-state index in [4.69, 9.17) is 30.2 Å². The number of hydrazine groups is 1. The molecule has 35 heavy (non-hydrogen) atoms. The fourth-order valence-corrected chi connectivity index (χ4v) is 3.81. The lowest BCUT2D eigenvalue weighted by atomic mass is 9.83. The van der Waals surface area contributed by atoms with Crippen LogP contribution in [-0.4, -0.2) is 47.2 Å². The summed E-state index contributed by atoms with van der Waals surface area (Å²) in [4.78, 5) is 30.4. The van der Waals surface area contributed by atoms with Gasteiger partial charge < -0.3 is 19.3 Å². The molecule has 0 aromatic heterocycles. The molecule has 9 nitrogen and oxygen atoms in total. The van der Waals surface area contributed by atoms with Gasteiger partial charge in [0.1, 0.15) is 11.4 Å². The molecule has 0 radical (unpaired) electrons. The Balaban J connectivity index is 1.94. The predicted molar refractivity (Wildman–Crippen MR) is 131 cm³/mol. The van der Waals surface area contributed by atoms with Crippen LogP contribution < -0.4 is 16.0 Å². The second-order valence-electron chi connectivity index (χ2n) is 9.26. The lowest BCUT2D eigenvalue weighted by molar-refractivity contribution is -0.155. The molecule has 0 saturated heterocycles. The van der Waals surface area contributed by atoms with Crippen molar-refractivity contribution in [3.63, 3.8) is 0 Å². The maximum atomic E-state index is 13.2. The number of carbonyl (C=O) groups is 2. The minimum atomic E-state index is -1.47. The van der Waals surface area contributed by atoms with Crippen molar-refractivity contribution in [3.8, 4) is 5.75 Å². The van der Waals surface area contributed by atoms with Crippen LogP contribution in [0.2, 0.25) is 0 Å². The first kappa shape index (κ1) is 26.2. The number of hydrogen-bond donors (Lipinski definition) is 3. The zero-order valence-corrected chi connectivity index (χ0v) is 20.3. The summed E-state index contributed by atoms with van der Waals surface area (Å²) in [6.07, 6.45) is -0.280. The molecular formula is C26H33N3O6. The van der Waals surface area contributed by atoms with Crippen LogP contribution in [0, 0.1) is 0 Å². The smallest absolute Gasteiger partial charge is 0.306 e.